The lowest BCUT2D eigenvalue weighted by Gasteiger charge is -2.41. The summed E-state index contributed by atoms with van der Waals surface area (Å²) in [6.45, 7) is 0. The molecule has 80 valence electrons. The minimum absolute atomic E-state index is 0.667. The van der Waals surface area contributed by atoms with Crippen molar-refractivity contribution in [3.8, 4) is 0 Å². The number of halogens is 1. The van der Waals surface area contributed by atoms with E-state index in [0.29, 0.717) is 5.41 Å². The van der Waals surface area contributed by atoms with Gasteiger partial charge in [0.1, 0.15) is 0 Å². The summed E-state index contributed by atoms with van der Waals surface area (Å²) in [6, 6.07) is 11.1. The van der Waals surface area contributed by atoms with Crippen molar-refractivity contribution in [1.82, 2.24) is 0 Å². The second kappa shape index (κ2) is 3.62. The van der Waals surface area contributed by atoms with Crippen LogP contribution in [0.2, 0.25) is 0 Å². The van der Waals surface area contributed by atoms with Gasteiger partial charge in [-0.05, 0) is 42.1 Å². The SMILES string of the molecule is BrCC1(C2CC2c2ccccc2)CCC1. The van der Waals surface area contributed by atoms with Crippen molar-refractivity contribution >= 4 is 15.9 Å². The fourth-order valence-electron chi connectivity index (χ4n) is 3.17. The predicted octanol–water partition coefficient (Wildman–Crippen LogP) is 4.36. The lowest BCUT2D eigenvalue weighted by atomic mass is 9.66. The Morgan fingerprint density at radius 1 is 1.20 bits per heavy atom. The van der Waals surface area contributed by atoms with Crippen LogP contribution in [-0.4, -0.2) is 5.33 Å². The lowest BCUT2D eigenvalue weighted by molar-refractivity contribution is 0.133. The topological polar surface area (TPSA) is 0 Å². The molecule has 15 heavy (non-hydrogen) atoms. The molecule has 0 aliphatic heterocycles. The number of hydrogen-bond donors (Lipinski definition) is 0. The summed E-state index contributed by atoms with van der Waals surface area (Å²) < 4.78 is 0. The van der Waals surface area contributed by atoms with E-state index in [-0.39, 0.29) is 0 Å². The molecule has 2 saturated carbocycles. The van der Waals surface area contributed by atoms with Crippen LogP contribution in [0.3, 0.4) is 0 Å². The van der Waals surface area contributed by atoms with Crippen LogP contribution in [0.4, 0.5) is 0 Å². The second-order valence-corrected chi connectivity index (χ2v) is 5.77. The molecule has 2 unspecified atom stereocenters. The van der Waals surface area contributed by atoms with E-state index in [1.165, 1.54) is 31.0 Å². The zero-order valence-electron chi connectivity index (χ0n) is 8.95. The van der Waals surface area contributed by atoms with Gasteiger partial charge in [-0.1, -0.05) is 52.7 Å². The van der Waals surface area contributed by atoms with Gasteiger partial charge >= 0.3 is 0 Å². The standard InChI is InChI=1S/C14H17Br/c15-10-14(7-4-8-14)13-9-12(13)11-5-2-1-3-6-11/h1-3,5-6,12-13H,4,7-10H2. The third kappa shape index (κ3) is 1.56. The van der Waals surface area contributed by atoms with Gasteiger partial charge in [0, 0.05) is 5.33 Å². The fourth-order valence-corrected chi connectivity index (χ4v) is 4.15. The predicted molar refractivity (Wildman–Crippen MR) is 67.4 cm³/mol. The van der Waals surface area contributed by atoms with Crippen molar-refractivity contribution in [3.63, 3.8) is 0 Å². The van der Waals surface area contributed by atoms with Gasteiger partial charge in [-0.15, -0.1) is 0 Å². The molecule has 0 heterocycles. The zero-order chi connectivity index (χ0) is 10.3. The van der Waals surface area contributed by atoms with Crippen molar-refractivity contribution in [2.24, 2.45) is 11.3 Å². The molecule has 0 bridgehead atoms. The molecule has 0 nitrogen and oxygen atoms in total. The van der Waals surface area contributed by atoms with E-state index >= 15 is 0 Å². The van der Waals surface area contributed by atoms with Crippen LogP contribution in [0, 0.1) is 11.3 Å². The number of hydrogen-bond acceptors (Lipinski definition) is 0. The molecule has 0 radical (unpaired) electrons. The van der Waals surface area contributed by atoms with Crippen LogP contribution in [0.1, 0.15) is 37.2 Å². The Bertz CT molecular complexity index is 334. The number of rotatable bonds is 3. The first-order valence-electron chi connectivity index (χ1n) is 5.97. The number of alkyl halides is 1. The average molecular weight is 265 g/mol. The molecule has 3 rings (SSSR count). The monoisotopic (exact) mass is 264 g/mol. The minimum atomic E-state index is 0.667. The molecule has 0 N–H and O–H groups in total. The Labute approximate surface area is 100 Å². The second-order valence-electron chi connectivity index (χ2n) is 5.21. The Morgan fingerprint density at radius 2 is 1.93 bits per heavy atom. The van der Waals surface area contributed by atoms with Gasteiger partial charge < -0.3 is 0 Å². The molecule has 1 aromatic carbocycles. The van der Waals surface area contributed by atoms with Gasteiger partial charge in [-0.2, -0.15) is 0 Å². The highest BCUT2D eigenvalue weighted by Crippen LogP contribution is 2.64. The Balaban J connectivity index is 1.74. The van der Waals surface area contributed by atoms with Gasteiger partial charge in [0.2, 0.25) is 0 Å². The Morgan fingerprint density at radius 3 is 2.47 bits per heavy atom. The first kappa shape index (κ1) is 9.89. The molecule has 0 amide bonds. The molecule has 2 aliphatic carbocycles. The van der Waals surface area contributed by atoms with Gasteiger partial charge in [0.15, 0.2) is 0 Å². The summed E-state index contributed by atoms with van der Waals surface area (Å²) in [7, 11) is 0. The average Bonchev–Trinajstić information content (AvgIpc) is 2.99. The van der Waals surface area contributed by atoms with E-state index in [1.54, 1.807) is 5.56 Å². The lowest BCUT2D eigenvalue weighted by Crippen LogP contribution is -2.33. The smallest absolute Gasteiger partial charge is 0.00908 e. The van der Waals surface area contributed by atoms with Crippen molar-refractivity contribution in [1.29, 1.82) is 0 Å². The molecule has 0 spiro atoms. The highest BCUT2D eigenvalue weighted by Gasteiger charge is 2.54. The maximum absolute atomic E-state index is 3.72. The van der Waals surface area contributed by atoms with Crippen molar-refractivity contribution in [2.75, 3.05) is 5.33 Å². The molecule has 1 aromatic rings. The van der Waals surface area contributed by atoms with Crippen molar-refractivity contribution < 1.29 is 0 Å². The van der Waals surface area contributed by atoms with Crippen LogP contribution in [0.5, 0.6) is 0 Å². The summed E-state index contributed by atoms with van der Waals surface area (Å²) in [5, 5.41) is 1.22. The number of benzene rings is 1. The first-order valence-corrected chi connectivity index (χ1v) is 7.09. The minimum Gasteiger partial charge on any atom is -0.0922 e. The van der Waals surface area contributed by atoms with Crippen LogP contribution in [-0.2, 0) is 0 Å². The third-order valence-corrected chi connectivity index (χ3v) is 5.54. The third-order valence-electron chi connectivity index (χ3n) is 4.42. The zero-order valence-corrected chi connectivity index (χ0v) is 10.5. The normalized spacial score (nSPS) is 32.1. The van der Waals surface area contributed by atoms with E-state index in [4.69, 9.17) is 0 Å². The molecule has 0 aromatic heterocycles. The highest BCUT2D eigenvalue weighted by atomic mass is 79.9. The molecule has 2 aliphatic rings. The van der Waals surface area contributed by atoms with Crippen molar-refractivity contribution in [3.05, 3.63) is 35.9 Å². The van der Waals surface area contributed by atoms with Gasteiger partial charge in [0.05, 0.1) is 0 Å². The van der Waals surface area contributed by atoms with Crippen molar-refractivity contribution in [2.45, 2.75) is 31.6 Å². The molecule has 2 atom stereocenters. The summed E-state index contributed by atoms with van der Waals surface area (Å²) in [6.07, 6.45) is 5.78. The maximum Gasteiger partial charge on any atom is 0.00908 e. The molecule has 2 fully saturated rings. The van der Waals surface area contributed by atoms with Gasteiger partial charge in [-0.3, -0.25) is 0 Å². The van der Waals surface area contributed by atoms with E-state index in [2.05, 4.69) is 46.3 Å². The fraction of sp³-hybridized carbons (Fsp3) is 0.571. The largest absolute Gasteiger partial charge is 0.0922 e. The van der Waals surface area contributed by atoms with Crippen LogP contribution >= 0.6 is 15.9 Å². The maximum atomic E-state index is 3.72. The summed E-state index contributed by atoms with van der Waals surface area (Å²) in [5.41, 5.74) is 2.23. The highest BCUT2D eigenvalue weighted by molar-refractivity contribution is 9.09. The summed E-state index contributed by atoms with van der Waals surface area (Å²) in [5.74, 6) is 1.83. The molecular formula is C14H17Br. The van der Waals surface area contributed by atoms with Gasteiger partial charge in [-0.25, -0.2) is 0 Å². The van der Waals surface area contributed by atoms with E-state index in [0.717, 1.165) is 11.8 Å². The summed E-state index contributed by atoms with van der Waals surface area (Å²) in [4.78, 5) is 0. The van der Waals surface area contributed by atoms with E-state index in [1.807, 2.05) is 0 Å². The first-order chi connectivity index (χ1) is 7.36. The molecule has 0 saturated heterocycles. The van der Waals surface area contributed by atoms with Crippen LogP contribution in [0.25, 0.3) is 0 Å². The van der Waals surface area contributed by atoms with Crippen LogP contribution < -0.4 is 0 Å². The molecule has 1 heteroatoms. The Kier molecular flexibility index (Phi) is 2.39. The van der Waals surface area contributed by atoms with Crippen LogP contribution in [0.15, 0.2) is 30.3 Å². The molecular weight excluding hydrogens is 248 g/mol. The summed E-state index contributed by atoms with van der Waals surface area (Å²) >= 11 is 3.72. The van der Waals surface area contributed by atoms with E-state index < -0.39 is 0 Å². The van der Waals surface area contributed by atoms with Gasteiger partial charge in [0.25, 0.3) is 0 Å². The quantitative estimate of drug-likeness (QED) is 0.712. The van der Waals surface area contributed by atoms with E-state index in [9.17, 15) is 0 Å². The Hall–Kier alpha value is -0.300.